The molecule has 0 saturated carbocycles. The summed E-state index contributed by atoms with van der Waals surface area (Å²) < 4.78 is 5.13. The molecule has 1 fully saturated rings. The van der Waals surface area contributed by atoms with Crippen molar-refractivity contribution in [3.05, 3.63) is 35.9 Å². The molecule has 1 aliphatic heterocycles. The number of likely N-dealkylation sites (tertiary alicyclic amines) is 1. The van der Waals surface area contributed by atoms with Crippen molar-refractivity contribution >= 4 is 6.08 Å². The van der Waals surface area contributed by atoms with Gasteiger partial charge in [0.25, 0.3) is 0 Å². The van der Waals surface area contributed by atoms with Gasteiger partial charge in [0, 0.05) is 19.1 Å². The van der Waals surface area contributed by atoms with Crippen molar-refractivity contribution in [2.24, 2.45) is 5.73 Å². The minimum absolute atomic E-state index is 0.355. The standard InChI is InChI=1S/C15H22N2O/c1-18-15-8-6-13(7-9-15)4-2-10-17-11-3-5-14(16)12-17/h2,4,6-9,14H,3,5,10-12,16H2,1H3/b4-2+/t14-/m0/s1. The predicted molar refractivity (Wildman–Crippen MR) is 75.7 cm³/mol. The molecule has 2 N–H and O–H groups in total. The molecule has 1 aromatic carbocycles. The topological polar surface area (TPSA) is 38.5 Å². The summed E-state index contributed by atoms with van der Waals surface area (Å²) in [6.07, 6.45) is 6.75. The number of piperidine rings is 1. The van der Waals surface area contributed by atoms with E-state index in [2.05, 4.69) is 29.2 Å². The summed E-state index contributed by atoms with van der Waals surface area (Å²) in [5, 5.41) is 0. The Morgan fingerprint density at radius 1 is 1.39 bits per heavy atom. The highest BCUT2D eigenvalue weighted by Crippen LogP contribution is 2.13. The van der Waals surface area contributed by atoms with Gasteiger partial charge in [-0.25, -0.2) is 0 Å². The van der Waals surface area contributed by atoms with E-state index in [-0.39, 0.29) is 0 Å². The summed E-state index contributed by atoms with van der Waals surface area (Å²) in [7, 11) is 1.68. The quantitative estimate of drug-likeness (QED) is 0.884. The molecule has 98 valence electrons. The van der Waals surface area contributed by atoms with Gasteiger partial charge in [-0.05, 0) is 37.1 Å². The Kier molecular flexibility index (Phi) is 4.79. The third-order valence-corrected chi connectivity index (χ3v) is 3.33. The zero-order valence-electron chi connectivity index (χ0n) is 11.0. The number of benzene rings is 1. The van der Waals surface area contributed by atoms with Crippen LogP contribution in [0.2, 0.25) is 0 Å². The number of ether oxygens (including phenoxy) is 1. The molecule has 0 radical (unpaired) electrons. The number of hydrogen-bond acceptors (Lipinski definition) is 3. The lowest BCUT2D eigenvalue weighted by molar-refractivity contribution is 0.229. The zero-order valence-corrected chi connectivity index (χ0v) is 11.0. The van der Waals surface area contributed by atoms with E-state index in [1.165, 1.54) is 24.9 Å². The summed E-state index contributed by atoms with van der Waals surface area (Å²) in [6, 6.07) is 8.45. The average molecular weight is 246 g/mol. The second kappa shape index (κ2) is 6.57. The Bertz CT molecular complexity index is 386. The lowest BCUT2D eigenvalue weighted by Gasteiger charge is -2.29. The number of rotatable bonds is 4. The SMILES string of the molecule is COc1ccc(/C=C/CN2CCC[C@H](N)C2)cc1. The molecule has 1 atom stereocenters. The van der Waals surface area contributed by atoms with Crippen molar-refractivity contribution in [1.82, 2.24) is 4.90 Å². The predicted octanol–water partition coefficient (Wildman–Crippen LogP) is 2.13. The third kappa shape index (κ3) is 3.86. The number of nitrogens with zero attached hydrogens (tertiary/aromatic N) is 1. The van der Waals surface area contributed by atoms with Gasteiger partial charge in [0.1, 0.15) is 5.75 Å². The minimum Gasteiger partial charge on any atom is -0.497 e. The average Bonchev–Trinajstić information content (AvgIpc) is 2.40. The molecule has 0 bridgehead atoms. The number of nitrogens with two attached hydrogens (primary N) is 1. The first-order valence-electron chi connectivity index (χ1n) is 6.56. The molecular weight excluding hydrogens is 224 g/mol. The fourth-order valence-electron chi connectivity index (χ4n) is 2.31. The number of hydrogen-bond donors (Lipinski definition) is 1. The normalized spacial score (nSPS) is 21.3. The van der Waals surface area contributed by atoms with Crippen molar-refractivity contribution in [1.29, 1.82) is 0 Å². The Morgan fingerprint density at radius 3 is 2.83 bits per heavy atom. The Hall–Kier alpha value is -1.32. The Balaban J connectivity index is 1.82. The summed E-state index contributed by atoms with van der Waals surface area (Å²) in [4.78, 5) is 2.41. The van der Waals surface area contributed by atoms with Crippen LogP contribution in [0.3, 0.4) is 0 Å². The molecule has 0 unspecified atom stereocenters. The van der Waals surface area contributed by atoms with Gasteiger partial charge in [0.2, 0.25) is 0 Å². The van der Waals surface area contributed by atoms with Crippen LogP contribution in [0.25, 0.3) is 6.08 Å². The van der Waals surface area contributed by atoms with E-state index < -0.39 is 0 Å². The van der Waals surface area contributed by atoms with Gasteiger partial charge in [-0.3, -0.25) is 4.90 Å². The van der Waals surface area contributed by atoms with Crippen LogP contribution in [0.1, 0.15) is 18.4 Å². The van der Waals surface area contributed by atoms with Crippen LogP contribution in [0.15, 0.2) is 30.3 Å². The van der Waals surface area contributed by atoms with Crippen LogP contribution >= 0.6 is 0 Å². The van der Waals surface area contributed by atoms with Crippen molar-refractivity contribution in [2.45, 2.75) is 18.9 Å². The highest BCUT2D eigenvalue weighted by Gasteiger charge is 2.14. The van der Waals surface area contributed by atoms with E-state index in [0.29, 0.717) is 6.04 Å². The van der Waals surface area contributed by atoms with E-state index in [4.69, 9.17) is 10.5 Å². The molecule has 3 nitrogen and oxygen atoms in total. The van der Waals surface area contributed by atoms with Crippen molar-refractivity contribution in [3.8, 4) is 5.75 Å². The minimum atomic E-state index is 0.355. The molecule has 2 rings (SSSR count). The number of methoxy groups -OCH3 is 1. The maximum atomic E-state index is 5.96. The van der Waals surface area contributed by atoms with Gasteiger partial charge in [0.05, 0.1) is 7.11 Å². The zero-order chi connectivity index (χ0) is 12.8. The molecule has 0 aromatic heterocycles. The molecule has 1 saturated heterocycles. The first-order chi connectivity index (χ1) is 8.78. The van der Waals surface area contributed by atoms with Crippen molar-refractivity contribution in [2.75, 3.05) is 26.7 Å². The van der Waals surface area contributed by atoms with Crippen LogP contribution in [-0.2, 0) is 0 Å². The maximum absolute atomic E-state index is 5.96. The van der Waals surface area contributed by atoms with Crippen molar-refractivity contribution < 1.29 is 4.74 Å². The van der Waals surface area contributed by atoms with Gasteiger partial charge in [0.15, 0.2) is 0 Å². The van der Waals surface area contributed by atoms with Crippen LogP contribution in [0.4, 0.5) is 0 Å². The second-order valence-corrected chi connectivity index (χ2v) is 4.84. The molecular formula is C15H22N2O. The Morgan fingerprint density at radius 2 is 2.17 bits per heavy atom. The lowest BCUT2D eigenvalue weighted by Crippen LogP contribution is -2.42. The smallest absolute Gasteiger partial charge is 0.118 e. The molecule has 0 amide bonds. The van der Waals surface area contributed by atoms with Gasteiger partial charge < -0.3 is 10.5 Å². The molecule has 0 spiro atoms. The van der Waals surface area contributed by atoms with E-state index >= 15 is 0 Å². The van der Waals surface area contributed by atoms with E-state index in [9.17, 15) is 0 Å². The molecule has 1 aliphatic rings. The first-order valence-corrected chi connectivity index (χ1v) is 6.56. The monoisotopic (exact) mass is 246 g/mol. The lowest BCUT2D eigenvalue weighted by atomic mass is 10.1. The molecule has 1 aromatic rings. The molecule has 0 aliphatic carbocycles. The first kappa shape index (κ1) is 13.1. The summed E-state index contributed by atoms with van der Waals surface area (Å²) >= 11 is 0. The fourth-order valence-corrected chi connectivity index (χ4v) is 2.31. The van der Waals surface area contributed by atoms with Crippen LogP contribution < -0.4 is 10.5 Å². The van der Waals surface area contributed by atoms with Gasteiger partial charge >= 0.3 is 0 Å². The summed E-state index contributed by atoms with van der Waals surface area (Å²) in [6.45, 7) is 3.17. The summed E-state index contributed by atoms with van der Waals surface area (Å²) in [5.74, 6) is 0.897. The second-order valence-electron chi connectivity index (χ2n) is 4.84. The van der Waals surface area contributed by atoms with Gasteiger partial charge in [-0.1, -0.05) is 24.3 Å². The highest BCUT2D eigenvalue weighted by molar-refractivity contribution is 5.50. The molecule has 3 heteroatoms. The highest BCUT2D eigenvalue weighted by atomic mass is 16.5. The molecule has 1 heterocycles. The fraction of sp³-hybridized carbons (Fsp3) is 0.467. The van der Waals surface area contributed by atoms with Crippen molar-refractivity contribution in [3.63, 3.8) is 0 Å². The van der Waals surface area contributed by atoms with Crippen LogP contribution in [0.5, 0.6) is 5.75 Å². The third-order valence-electron chi connectivity index (χ3n) is 3.33. The van der Waals surface area contributed by atoms with Crippen LogP contribution in [0, 0.1) is 0 Å². The maximum Gasteiger partial charge on any atom is 0.118 e. The Labute approximate surface area is 109 Å². The van der Waals surface area contributed by atoms with E-state index in [0.717, 1.165) is 18.8 Å². The van der Waals surface area contributed by atoms with Crippen LogP contribution in [-0.4, -0.2) is 37.7 Å². The van der Waals surface area contributed by atoms with E-state index in [1.807, 2.05) is 12.1 Å². The molecule has 18 heavy (non-hydrogen) atoms. The largest absolute Gasteiger partial charge is 0.497 e. The summed E-state index contributed by atoms with van der Waals surface area (Å²) in [5.41, 5.74) is 7.17. The van der Waals surface area contributed by atoms with E-state index in [1.54, 1.807) is 7.11 Å². The van der Waals surface area contributed by atoms with Gasteiger partial charge in [-0.15, -0.1) is 0 Å². The van der Waals surface area contributed by atoms with Gasteiger partial charge in [-0.2, -0.15) is 0 Å².